The molecule has 5 heteroatoms. The van der Waals surface area contributed by atoms with Crippen LogP contribution in [0.25, 0.3) is 0 Å². The van der Waals surface area contributed by atoms with Gasteiger partial charge in [-0.3, -0.25) is 4.79 Å². The summed E-state index contributed by atoms with van der Waals surface area (Å²) in [5, 5.41) is 12.7. The zero-order valence-electron chi connectivity index (χ0n) is 9.28. The van der Waals surface area contributed by atoms with Crippen LogP contribution in [-0.2, 0) is 4.74 Å². The highest BCUT2D eigenvalue weighted by molar-refractivity contribution is 14.1. The van der Waals surface area contributed by atoms with Crippen LogP contribution < -0.4 is 5.32 Å². The van der Waals surface area contributed by atoms with Crippen molar-refractivity contribution in [3.05, 3.63) is 33.4 Å². The zero-order valence-corrected chi connectivity index (χ0v) is 11.4. The van der Waals surface area contributed by atoms with E-state index in [1.807, 2.05) is 18.2 Å². The first-order valence-corrected chi connectivity index (χ1v) is 6.51. The molecule has 2 N–H and O–H groups in total. The molecule has 1 heterocycles. The molecule has 0 saturated carbocycles. The first kappa shape index (κ1) is 12.8. The fourth-order valence-corrected chi connectivity index (χ4v) is 2.26. The number of benzene rings is 1. The number of amides is 1. The van der Waals surface area contributed by atoms with E-state index in [2.05, 4.69) is 27.9 Å². The number of ether oxygens (including phenoxy) is 1. The second-order valence-electron chi connectivity index (χ2n) is 4.22. The molecule has 0 spiro atoms. The van der Waals surface area contributed by atoms with Crippen LogP contribution in [0.2, 0.25) is 0 Å². The molecule has 0 aromatic heterocycles. The van der Waals surface area contributed by atoms with Crippen molar-refractivity contribution in [2.75, 3.05) is 19.8 Å². The minimum atomic E-state index is -0.905. The molecule has 0 radical (unpaired) electrons. The number of carbonyl (C=O) groups excluding carboxylic acids is 1. The van der Waals surface area contributed by atoms with Gasteiger partial charge in [0.2, 0.25) is 0 Å². The van der Waals surface area contributed by atoms with Crippen molar-refractivity contribution in [1.82, 2.24) is 5.32 Å². The second kappa shape index (κ2) is 5.32. The van der Waals surface area contributed by atoms with Gasteiger partial charge in [-0.05, 0) is 40.8 Å². The van der Waals surface area contributed by atoms with E-state index < -0.39 is 5.60 Å². The van der Waals surface area contributed by atoms with E-state index in [1.54, 1.807) is 6.07 Å². The molecule has 1 aromatic rings. The summed E-state index contributed by atoms with van der Waals surface area (Å²) in [6.07, 6.45) is 0.569. The monoisotopic (exact) mass is 347 g/mol. The Bertz CT molecular complexity index is 416. The molecule has 17 heavy (non-hydrogen) atoms. The highest BCUT2D eigenvalue weighted by Crippen LogP contribution is 2.17. The number of nitrogens with one attached hydrogen (secondary N) is 1. The summed E-state index contributed by atoms with van der Waals surface area (Å²) in [4.78, 5) is 11.8. The number of carbonyl (C=O) groups is 1. The number of hydrogen-bond acceptors (Lipinski definition) is 3. The normalized spacial score (nSPS) is 23.6. The molecule has 1 amide bonds. The van der Waals surface area contributed by atoms with Crippen molar-refractivity contribution >= 4 is 28.5 Å². The van der Waals surface area contributed by atoms with Crippen LogP contribution in [0, 0.1) is 3.57 Å². The van der Waals surface area contributed by atoms with Gasteiger partial charge in [0, 0.05) is 28.7 Å². The maximum Gasteiger partial charge on any atom is 0.251 e. The van der Waals surface area contributed by atoms with Gasteiger partial charge in [-0.15, -0.1) is 0 Å². The Morgan fingerprint density at radius 3 is 3.06 bits per heavy atom. The molecule has 1 aromatic carbocycles. The van der Waals surface area contributed by atoms with E-state index in [1.165, 1.54) is 0 Å². The molecule has 1 aliphatic rings. The fraction of sp³-hybridized carbons (Fsp3) is 0.417. The topological polar surface area (TPSA) is 58.6 Å². The third kappa shape index (κ3) is 3.40. The first-order valence-electron chi connectivity index (χ1n) is 5.43. The maximum absolute atomic E-state index is 11.8. The van der Waals surface area contributed by atoms with Crippen molar-refractivity contribution < 1.29 is 14.6 Å². The molecular formula is C12H14INO3. The van der Waals surface area contributed by atoms with Gasteiger partial charge in [0.15, 0.2) is 0 Å². The molecule has 1 fully saturated rings. The Kier molecular flexibility index (Phi) is 4.01. The standard InChI is InChI=1S/C12H14INO3/c13-10-3-1-2-9(6-10)11(15)14-7-12(16)4-5-17-8-12/h1-3,6,16H,4-5,7-8H2,(H,14,15). The van der Waals surface area contributed by atoms with Gasteiger partial charge >= 0.3 is 0 Å². The smallest absolute Gasteiger partial charge is 0.251 e. The Labute approximate surface area is 113 Å². The minimum Gasteiger partial charge on any atom is -0.386 e. The summed E-state index contributed by atoms with van der Waals surface area (Å²) >= 11 is 2.16. The van der Waals surface area contributed by atoms with Crippen molar-refractivity contribution in [3.8, 4) is 0 Å². The van der Waals surface area contributed by atoms with Gasteiger partial charge in [-0.1, -0.05) is 6.07 Å². The Morgan fingerprint density at radius 2 is 2.41 bits per heavy atom. The third-order valence-electron chi connectivity index (χ3n) is 2.75. The van der Waals surface area contributed by atoms with Crippen LogP contribution in [0.1, 0.15) is 16.8 Å². The van der Waals surface area contributed by atoms with Crippen LogP contribution in [0.15, 0.2) is 24.3 Å². The van der Waals surface area contributed by atoms with Crippen molar-refractivity contribution in [2.45, 2.75) is 12.0 Å². The lowest BCUT2D eigenvalue weighted by Gasteiger charge is -2.20. The van der Waals surface area contributed by atoms with E-state index >= 15 is 0 Å². The molecule has 1 saturated heterocycles. The molecule has 2 rings (SSSR count). The van der Waals surface area contributed by atoms with Crippen molar-refractivity contribution in [1.29, 1.82) is 0 Å². The van der Waals surface area contributed by atoms with Gasteiger partial charge in [0.05, 0.1) is 6.61 Å². The van der Waals surface area contributed by atoms with Gasteiger partial charge in [-0.25, -0.2) is 0 Å². The van der Waals surface area contributed by atoms with Crippen LogP contribution in [-0.4, -0.2) is 36.4 Å². The SMILES string of the molecule is O=C(NCC1(O)CCOC1)c1cccc(I)c1. The summed E-state index contributed by atoms with van der Waals surface area (Å²) in [5.41, 5.74) is -0.295. The Morgan fingerprint density at radius 1 is 1.59 bits per heavy atom. The molecule has 4 nitrogen and oxygen atoms in total. The summed E-state index contributed by atoms with van der Waals surface area (Å²) in [6.45, 7) is 1.08. The van der Waals surface area contributed by atoms with Gasteiger partial charge in [0.1, 0.15) is 5.60 Å². The highest BCUT2D eigenvalue weighted by atomic mass is 127. The van der Waals surface area contributed by atoms with E-state index in [0.29, 0.717) is 25.2 Å². The quantitative estimate of drug-likeness (QED) is 0.808. The van der Waals surface area contributed by atoms with Crippen molar-refractivity contribution in [3.63, 3.8) is 0 Å². The lowest BCUT2D eigenvalue weighted by molar-refractivity contribution is 0.0264. The average molecular weight is 347 g/mol. The van der Waals surface area contributed by atoms with Crippen molar-refractivity contribution in [2.24, 2.45) is 0 Å². The Hall–Kier alpha value is -0.660. The highest BCUT2D eigenvalue weighted by Gasteiger charge is 2.32. The first-order chi connectivity index (χ1) is 8.09. The molecule has 1 aliphatic heterocycles. The average Bonchev–Trinajstić information content (AvgIpc) is 2.74. The molecule has 92 valence electrons. The predicted molar refractivity (Wildman–Crippen MR) is 71.9 cm³/mol. The van der Waals surface area contributed by atoms with Crippen LogP contribution >= 0.6 is 22.6 Å². The third-order valence-corrected chi connectivity index (χ3v) is 3.42. The number of halogens is 1. The number of hydrogen-bond donors (Lipinski definition) is 2. The summed E-state index contributed by atoms with van der Waals surface area (Å²) in [6, 6.07) is 7.33. The van der Waals surface area contributed by atoms with Crippen LogP contribution in [0.5, 0.6) is 0 Å². The van der Waals surface area contributed by atoms with Crippen LogP contribution in [0.4, 0.5) is 0 Å². The number of rotatable bonds is 3. The summed E-state index contributed by atoms with van der Waals surface area (Å²) in [7, 11) is 0. The maximum atomic E-state index is 11.8. The van der Waals surface area contributed by atoms with E-state index in [9.17, 15) is 9.90 Å². The molecule has 0 bridgehead atoms. The fourth-order valence-electron chi connectivity index (χ4n) is 1.71. The molecule has 1 unspecified atom stereocenters. The van der Waals surface area contributed by atoms with Gasteiger partial charge in [-0.2, -0.15) is 0 Å². The lowest BCUT2D eigenvalue weighted by atomic mass is 10.0. The van der Waals surface area contributed by atoms with Gasteiger partial charge < -0.3 is 15.2 Å². The second-order valence-corrected chi connectivity index (χ2v) is 5.47. The lowest BCUT2D eigenvalue weighted by Crippen LogP contribution is -2.43. The minimum absolute atomic E-state index is 0.163. The Balaban J connectivity index is 1.93. The molecule has 1 atom stereocenters. The van der Waals surface area contributed by atoms with E-state index in [-0.39, 0.29) is 12.5 Å². The van der Waals surface area contributed by atoms with E-state index in [4.69, 9.17) is 4.74 Å². The predicted octanol–water partition coefficient (Wildman–Crippen LogP) is 1.17. The molecular weight excluding hydrogens is 333 g/mol. The zero-order chi connectivity index (χ0) is 12.3. The largest absolute Gasteiger partial charge is 0.386 e. The summed E-state index contributed by atoms with van der Waals surface area (Å²) < 4.78 is 6.13. The van der Waals surface area contributed by atoms with E-state index in [0.717, 1.165) is 3.57 Å². The molecule has 0 aliphatic carbocycles. The summed E-state index contributed by atoms with van der Waals surface area (Å²) in [5.74, 6) is -0.163. The van der Waals surface area contributed by atoms with Crippen LogP contribution in [0.3, 0.4) is 0 Å². The van der Waals surface area contributed by atoms with Gasteiger partial charge in [0.25, 0.3) is 5.91 Å². The number of aliphatic hydroxyl groups is 1.